The first kappa shape index (κ1) is 7.19. The van der Waals surface area contributed by atoms with Crippen LogP contribution in [0.4, 0.5) is 0 Å². The van der Waals surface area contributed by atoms with Crippen LogP contribution in [-0.4, -0.2) is 0 Å². The normalized spacial score (nSPS) is 19.4. The maximum absolute atomic E-state index is 5.16. The first-order chi connectivity index (χ1) is 4.74. The molecule has 0 saturated heterocycles. The first-order valence-corrected chi connectivity index (χ1v) is 3.47. The van der Waals surface area contributed by atoms with E-state index < -0.39 is 0 Å². The maximum Gasteiger partial charge on any atom is 0.281 e. The van der Waals surface area contributed by atoms with Crippen molar-refractivity contribution in [3.8, 4) is 0 Å². The predicted octanol–water partition coefficient (Wildman–Crippen LogP) is 2.39. The Labute approximate surface area is 61.1 Å². The molecule has 1 rings (SSSR count). The third-order valence-electron chi connectivity index (χ3n) is 1.64. The minimum atomic E-state index is 0.385. The number of allylic oxidation sites excluding steroid dienone is 1. The summed E-state index contributed by atoms with van der Waals surface area (Å²) in [5, 5.41) is 0. The molecule has 0 bridgehead atoms. The first-order valence-electron chi connectivity index (χ1n) is 3.47. The third-order valence-corrected chi connectivity index (χ3v) is 1.64. The number of hydrogen-bond donors (Lipinski definition) is 0. The maximum atomic E-state index is 5.16. The zero-order chi connectivity index (χ0) is 7.56. The standard InChI is InChI=1S/C8H12O2/c1-4-6(2)8-5-9-7(3)10-8/h5-6H,3-4H2,1-2H3. The molecular formula is C8H12O2. The molecule has 1 unspecified atom stereocenters. The quantitative estimate of drug-likeness (QED) is 0.586. The Hall–Kier alpha value is -0.920. The molecule has 56 valence electrons. The fourth-order valence-electron chi connectivity index (χ4n) is 0.721. The Bertz CT molecular complexity index is 170. The van der Waals surface area contributed by atoms with Crippen LogP contribution in [0, 0.1) is 5.92 Å². The number of rotatable bonds is 2. The van der Waals surface area contributed by atoms with E-state index in [1.54, 1.807) is 6.26 Å². The van der Waals surface area contributed by atoms with Crippen molar-refractivity contribution in [3.63, 3.8) is 0 Å². The number of ether oxygens (including phenoxy) is 2. The van der Waals surface area contributed by atoms with Gasteiger partial charge in [-0.15, -0.1) is 0 Å². The zero-order valence-corrected chi connectivity index (χ0v) is 6.39. The summed E-state index contributed by atoms with van der Waals surface area (Å²) in [6, 6.07) is 0. The van der Waals surface area contributed by atoms with Crippen molar-refractivity contribution in [3.05, 3.63) is 24.5 Å². The van der Waals surface area contributed by atoms with Gasteiger partial charge >= 0.3 is 0 Å². The van der Waals surface area contributed by atoms with E-state index in [2.05, 4.69) is 20.4 Å². The van der Waals surface area contributed by atoms with Gasteiger partial charge in [-0.05, 0) is 13.0 Å². The van der Waals surface area contributed by atoms with Crippen LogP contribution in [0.25, 0.3) is 0 Å². The zero-order valence-electron chi connectivity index (χ0n) is 6.39. The van der Waals surface area contributed by atoms with Gasteiger partial charge in [-0.1, -0.05) is 13.8 Å². The molecule has 2 nitrogen and oxygen atoms in total. The Morgan fingerprint density at radius 1 is 1.70 bits per heavy atom. The van der Waals surface area contributed by atoms with Gasteiger partial charge in [0.05, 0.1) is 0 Å². The fraction of sp³-hybridized carbons (Fsp3) is 0.500. The molecule has 10 heavy (non-hydrogen) atoms. The minimum absolute atomic E-state index is 0.385. The summed E-state index contributed by atoms with van der Waals surface area (Å²) in [4.78, 5) is 0. The average molecular weight is 140 g/mol. The van der Waals surface area contributed by atoms with Gasteiger partial charge in [0.1, 0.15) is 12.0 Å². The molecule has 0 aromatic rings. The largest absolute Gasteiger partial charge is 0.431 e. The summed E-state index contributed by atoms with van der Waals surface area (Å²) >= 11 is 0. The molecule has 0 N–H and O–H groups in total. The SMILES string of the molecule is C=C1OC=C(C(C)CC)O1. The summed E-state index contributed by atoms with van der Waals surface area (Å²) in [7, 11) is 0. The van der Waals surface area contributed by atoms with Gasteiger partial charge in [-0.25, -0.2) is 0 Å². The van der Waals surface area contributed by atoms with Crippen LogP contribution >= 0.6 is 0 Å². The molecule has 1 aliphatic rings. The van der Waals surface area contributed by atoms with Crippen molar-refractivity contribution >= 4 is 0 Å². The van der Waals surface area contributed by atoms with E-state index in [1.165, 1.54) is 0 Å². The summed E-state index contributed by atoms with van der Waals surface area (Å²) < 4.78 is 10.1. The molecule has 1 atom stereocenters. The van der Waals surface area contributed by atoms with Crippen LogP contribution in [0.2, 0.25) is 0 Å². The lowest BCUT2D eigenvalue weighted by atomic mass is 10.1. The van der Waals surface area contributed by atoms with E-state index in [0.29, 0.717) is 11.9 Å². The molecule has 2 heteroatoms. The van der Waals surface area contributed by atoms with Crippen molar-refractivity contribution in [2.45, 2.75) is 20.3 Å². The molecule has 1 heterocycles. The van der Waals surface area contributed by atoms with Gasteiger partial charge in [0.15, 0.2) is 0 Å². The highest BCUT2D eigenvalue weighted by Gasteiger charge is 2.15. The topological polar surface area (TPSA) is 18.5 Å². The highest BCUT2D eigenvalue weighted by Crippen LogP contribution is 2.24. The van der Waals surface area contributed by atoms with Crippen LogP contribution in [-0.2, 0) is 9.47 Å². The molecule has 0 aliphatic carbocycles. The second kappa shape index (κ2) is 2.78. The van der Waals surface area contributed by atoms with Gasteiger partial charge in [0, 0.05) is 5.92 Å². The van der Waals surface area contributed by atoms with E-state index in [0.717, 1.165) is 12.2 Å². The molecule has 0 radical (unpaired) electrons. The van der Waals surface area contributed by atoms with Crippen molar-refractivity contribution in [2.75, 3.05) is 0 Å². The average Bonchev–Trinajstić information content (AvgIpc) is 2.34. The van der Waals surface area contributed by atoms with Crippen LogP contribution in [0.5, 0.6) is 0 Å². The van der Waals surface area contributed by atoms with Gasteiger partial charge < -0.3 is 9.47 Å². The van der Waals surface area contributed by atoms with Gasteiger partial charge in [-0.2, -0.15) is 0 Å². The van der Waals surface area contributed by atoms with Crippen molar-refractivity contribution in [1.29, 1.82) is 0 Å². The lowest BCUT2D eigenvalue weighted by Gasteiger charge is -2.06. The van der Waals surface area contributed by atoms with Crippen molar-refractivity contribution in [1.82, 2.24) is 0 Å². The van der Waals surface area contributed by atoms with Crippen LogP contribution in [0.3, 0.4) is 0 Å². The molecule has 0 saturated carbocycles. The molecule has 0 spiro atoms. The van der Waals surface area contributed by atoms with Gasteiger partial charge in [-0.3, -0.25) is 0 Å². The van der Waals surface area contributed by atoms with E-state index in [1.807, 2.05) is 0 Å². The monoisotopic (exact) mass is 140 g/mol. The van der Waals surface area contributed by atoms with Crippen LogP contribution in [0.15, 0.2) is 24.5 Å². The molecule has 0 fully saturated rings. The lowest BCUT2D eigenvalue weighted by molar-refractivity contribution is 0.176. The lowest BCUT2D eigenvalue weighted by Crippen LogP contribution is -1.96. The molecule has 0 aromatic carbocycles. The summed E-state index contributed by atoms with van der Waals surface area (Å²) in [5.74, 6) is 1.70. The Kier molecular flexibility index (Phi) is 2.00. The van der Waals surface area contributed by atoms with E-state index in [-0.39, 0.29) is 0 Å². The Morgan fingerprint density at radius 2 is 2.40 bits per heavy atom. The van der Waals surface area contributed by atoms with Gasteiger partial charge in [0.25, 0.3) is 5.95 Å². The summed E-state index contributed by atoms with van der Waals surface area (Å²) in [6.45, 7) is 7.72. The van der Waals surface area contributed by atoms with Crippen LogP contribution < -0.4 is 0 Å². The second-order valence-corrected chi connectivity index (χ2v) is 2.42. The fourth-order valence-corrected chi connectivity index (χ4v) is 0.721. The smallest absolute Gasteiger partial charge is 0.281 e. The van der Waals surface area contributed by atoms with E-state index >= 15 is 0 Å². The Balaban J connectivity index is 2.50. The highest BCUT2D eigenvalue weighted by atomic mass is 16.7. The molecule has 0 aromatic heterocycles. The third kappa shape index (κ3) is 1.32. The highest BCUT2D eigenvalue weighted by molar-refractivity contribution is 5.02. The van der Waals surface area contributed by atoms with E-state index in [4.69, 9.17) is 9.47 Å². The Morgan fingerprint density at radius 3 is 2.80 bits per heavy atom. The molecule has 1 aliphatic heterocycles. The molecule has 0 amide bonds. The van der Waals surface area contributed by atoms with Crippen molar-refractivity contribution in [2.24, 2.45) is 5.92 Å². The van der Waals surface area contributed by atoms with E-state index in [9.17, 15) is 0 Å². The summed E-state index contributed by atoms with van der Waals surface area (Å²) in [5.41, 5.74) is 0. The van der Waals surface area contributed by atoms with Crippen LogP contribution in [0.1, 0.15) is 20.3 Å². The minimum Gasteiger partial charge on any atom is -0.431 e. The second-order valence-electron chi connectivity index (χ2n) is 2.42. The van der Waals surface area contributed by atoms with Crippen molar-refractivity contribution < 1.29 is 9.47 Å². The predicted molar refractivity (Wildman–Crippen MR) is 38.8 cm³/mol. The molecular weight excluding hydrogens is 128 g/mol. The number of hydrogen-bond acceptors (Lipinski definition) is 2. The van der Waals surface area contributed by atoms with Gasteiger partial charge in [0.2, 0.25) is 0 Å². The summed E-state index contributed by atoms with van der Waals surface area (Å²) in [6.07, 6.45) is 2.68.